The zero-order valence-electron chi connectivity index (χ0n) is 11.4. The predicted molar refractivity (Wildman–Crippen MR) is 83.4 cm³/mol. The highest BCUT2D eigenvalue weighted by molar-refractivity contribution is 7.12. The molecule has 0 radical (unpaired) electrons. The molecule has 3 rings (SSSR count). The minimum atomic E-state index is -0.200. The van der Waals surface area contributed by atoms with Gasteiger partial charge in [-0.05, 0) is 35.4 Å². The topological polar surface area (TPSA) is 49.3 Å². The van der Waals surface area contributed by atoms with E-state index in [9.17, 15) is 4.79 Å². The monoisotopic (exact) mass is 297 g/mol. The van der Waals surface area contributed by atoms with E-state index in [1.807, 2.05) is 23.6 Å². The van der Waals surface area contributed by atoms with E-state index in [1.165, 1.54) is 22.5 Å². The molecule has 1 heterocycles. The number of aliphatic hydroxyl groups is 1. The molecule has 0 bridgehead atoms. The lowest BCUT2D eigenvalue weighted by atomic mass is 10.1. The van der Waals surface area contributed by atoms with Crippen LogP contribution < -0.4 is 5.32 Å². The molecule has 0 saturated carbocycles. The smallest absolute Gasteiger partial charge is 0.262 e. The zero-order chi connectivity index (χ0) is 14.7. The third kappa shape index (κ3) is 2.99. The SMILES string of the molecule is O=C(NC1Cc2ccccc2C1)c1sccc1C#CCO. The van der Waals surface area contributed by atoms with Gasteiger partial charge in [-0.15, -0.1) is 11.3 Å². The van der Waals surface area contributed by atoms with Crippen LogP contribution in [0.15, 0.2) is 35.7 Å². The maximum absolute atomic E-state index is 12.4. The molecular weight excluding hydrogens is 282 g/mol. The third-order valence-electron chi connectivity index (χ3n) is 3.56. The highest BCUT2D eigenvalue weighted by atomic mass is 32.1. The molecule has 1 aromatic heterocycles. The number of carbonyl (C=O) groups is 1. The Morgan fingerprint density at radius 2 is 2.00 bits per heavy atom. The van der Waals surface area contributed by atoms with Gasteiger partial charge in [0.05, 0.1) is 0 Å². The van der Waals surface area contributed by atoms with Gasteiger partial charge in [-0.1, -0.05) is 36.1 Å². The average molecular weight is 297 g/mol. The van der Waals surface area contributed by atoms with Crippen LogP contribution in [0.25, 0.3) is 0 Å². The van der Waals surface area contributed by atoms with Gasteiger partial charge in [0.1, 0.15) is 11.5 Å². The van der Waals surface area contributed by atoms with Crippen LogP contribution in [-0.4, -0.2) is 23.7 Å². The average Bonchev–Trinajstić information content (AvgIpc) is 3.10. The molecule has 106 valence electrons. The number of hydrogen-bond acceptors (Lipinski definition) is 3. The van der Waals surface area contributed by atoms with E-state index < -0.39 is 0 Å². The molecular formula is C17H15NO2S. The standard InChI is InChI=1S/C17H15NO2S/c19-8-3-6-12-7-9-21-16(12)17(20)18-15-10-13-4-1-2-5-14(13)11-15/h1-2,4-5,7,9,15,19H,8,10-11H2,(H,18,20). The first-order chi connectivity index (χ1) is 10.3. The van der Waals surface area contributed by atoms with E-state index in [1.54, 1.807) is 0 Å². The van der Waals surface area contributed by atoms with Gasteiger partial charge in [-0.25, -0.2) is 0 Å². The van der Waals surface area contributed by atoms with Crippen molar-refractivity contribution in [2.24, 2.45) is 0 Å². The van der Waals surface area contributed by atoms with Crippen molar-refractivity contribution in [2.45, 2.75) is 18.9 Å². The summed E-state index contributed by atoms with van der Waals surface area (Å²) in [6, 6.07) is 10.3. The highest BCUT2D eigenvalue weighted by Crippen LogP contribution is 2.23. The predicted octanol–water partition coefficient (Wildman–Crippen LogP) is 1.99. The number of rotatable bonds is 2. The first-order valence-electron chi connectivity index (χ1n) is 6.83. The van der Waals surface area contributed by atoms with Crippen molar-refractivity contribution in [3.8, 4) is 11.8 Å². The Labute approximate surface area is 127 Å². The highest BCUT2D eigenvalue weighted by Gasteiger charge is 2.23. The Balaban J connectivity index is 1.70. The Morgan fingerprint density at radius 1 is 1.29 bits per heavy atom. The van der Waals surface area contributed by atoms with E-state index in [4.69, 9.17) is 5.11 Å². The van der Waals surface area contributed by atoms with Gasteiger partial charge in [0.25, 0.3) is 5.91 Å². The minimum absolute atomic E-state index is 0.0787. The molecule has 0 atom stereocenters. The number of benzene rings is 1. The largest absolute Gasteiger partial charge is 0.384 e. The minimum Gasteiger partial charge on any atom is -0.384 e. The lowest BCUT2D eigenvalue weighted by Crippen LogP contribution is -2.35. The van der Waals surface area contributed by atoms with Gasteiger partial charge in [-0.3, -0.25) is 4.79 Å². The van der Waals surface area contributed by atoms with Crippen LogP contribution in [0.2, 0.25) is 0 Å². The Hall–Kier alpha value is -2.09. The number of hydrogen-bond donors (Lipinski definition) is 2. The summed E-state index contributed by atoms with van der Waals surface area (Å²) in [6.45, 7) is -0.200. The summed E-state index contributed by atoms with van der Waals surface area (Å²) in [5, 5.41) is 13.7. The van der Waals surface area contributed by atoms with Crippen molar-refractivity contribution >= 4 is 17.2 Å². The van der Waals surface area contributed by atoms with Gasteiger partial charge in [-0.2, -0.15) is 0 Å². The summed E-state index contributed by atoms with van der Waals surface area (Å²) in [4.78, 5) is 13.0. The molecule has 2 N–H and O–H groups in total. The molecule has 0 spiro atoms. The van der Waals surface area contributed by atoms with Crippen molar-refractivity contribution in [3.63, 3.8) is 0 Å². The summed E-state index contributed by atoms with van der Waals surface area (Å²) in [5.74, 6) is 5.32. The lowest BCUT2D eigenvalue weighted by molar-refractivity contribution is 0.0942. The Bertz CT molecular complexity index is 699. The second-order valence-electron chi connectivity index (χ2n) is 4.97. The van der Waals surface area contributed by atoms with Crippen molar-refractivity contribution in [3.05, 3.63) is 57.3 Å². The molecule has 1 aliphatic rings. The first kappa shape index (κ1) is 13.9. The molecule has 0 fully saturated rings. The van der Waals surface area contributed by atoms with Gasteiger partial charge < -0.3 is 10.4 Å². The molecule has 0 saturated heterocycles. The summed E-state index contributed by atoms with van der Waals surface area (Å²) >= 11 is 1.38. The van der Waals surface area contributed by atoms with Crippen LogP contribution in [0.4, 0.5) is 0 Å². The summed E-state index contributed by atoms with van der Waals surface area (Å²) in [7, 11) is 0. The normalized spacial score (nSPS) is 13.4. The number of amides is 1. The first-order valence-corrected chi connectivity index (χ1v) is 7.71. The second-order valence-corrected chi connectivity index (χ2v) is 5.89. The number of aliphatic hydroxyl groups excluding tert-OH is 1. The van der Waals surface area contributed by atoms with Crippen molar-refractivity contribution in [1.82, 2.24) is 5.32 Å². The fraction of sp³-hybridized carbons (Fsp3) is 0.235. The van der Waals surface area contributed by atoms with Crippen LogP contribution in [0.1, 0.15) is 26.4 Å². The molecule has 0 aliphatic heterocycles. The Kier molecular flexibility index (Phi) is 4.05. The van der Waals surface area contributed by atoms with Gasteiger partial charge >= 0.3 is 0 Å². The van der Waals surface area contributed by atoms with Gasteiger partial charge in [0.2, 0.25) is 0 Å². The maximum Gasteiger partial charge on any atom is 0.262 e. The molecule has 4 heteroatoms. The third-order valence-corrected chi connectivity index (χ3v) is 4.47. The van der Waals surface area contributed by atoms with Crippen molar-refractivity contribution < 1.29 is 9.90 Å². The molecule has 1 aliphatic carbocycles. The molecule has 21 heavy (non-hydrogen) atoms. The summed E-state index contributed by atoms with van der Waals surface area (Å²) < 4.78 is 0. The van der Waals surface area contributed by atoms with Gasteiger partial charge in [0.15, 0.2) is 0 Å². The lowest BCUT2D eigenvalue weighted by Gasteiger charge is -2.11. The Morgan fingerprint density at radius 3 is 2.67 bits per heavy atom. The fourth-order valence-corrected chi connectivity index (χ4v) is 3.38. The maximum atomic E-state index is 12.4. The zero-order valence-corrected chi connectivity index (χ0v) is 12.2. The van der Waals surface area contributed by atoms with E-state index in [2.05, 4.69) is 29.3 Å². The van der Waals surface area contributed by atoms with E-state index >= 15 is 0 Å². The van der Waals surface area contributed by atoms with Crippen LogP contribution >= 0.6 is 11.3 Å². The van der Waals surface area contributed by atoms with E-state index in [-0.39, 0.29) is 18.6 Å². The molecule has 2 aromatic rings. The molecule has 3 nitrogen and oxygen atoms in total. The molecule has 1 amide bonds. The van der Waals surface area contributed by atoms with Crippen LogP contribution in [0.5, 0.6) is 0 Å². The quantitative estimate of drug-likeness (QED) is 0.833. The number of carbonyl (C=O) groups excluding carboxylic acids is 1. The van der Waals surface area contributed by atoms with Crippen LogP contribution in [-0.2, 0) is 12.8 Å². The van der Waals surface area contributed by atoms with Crippen molar-refractivity contribution in [1.29, 1.82) is 0 Å². The van der Waals surface area contributed by atoms with Crippen LogP contribution in [0.3, 0.4) is 0 Å². The van der Waals surface area contributed by atoms with Crippen molar-refractivity contribution in [2.75, 3.05) is 6.61 Å². The van der Waals surface area contributed by atoms with E-state index in [0.29, 0.717) is 10.4 Å². The summed E-state index contributed by atoms with van der Waals surface area (Å²) in [6.07, 6.45) is 1.76. The summed E-state index contributed by atoms with van der Waals surface area (Å²) in [5.41, 5.74) is 3.31. The van der Waals surface area contributed by atoms with Gasteiger partial charge in [0, 0.05) is 11.6 Å². The number of nitrogens with one attached hydrogen (secondary N) is 1. The number of thiophene rings is 1. The fourth-order valence-electron chi connectivity index (χ4n) is 2.63. The van der Waals surface area contributed by atoms with E-state index in [0.717, 1.165) is 12.8 Å². The molecule has 1 aromatic carbocycles. The van der Waals surface area contributed by atoms with Crippen LogP contribution in [0, 0.1) is 11.8 Å². The second kappa shape index (κ2) is 6.13. The number of fused-ring (bicyclic) bond motifs is 1. The molecule has 0 unspecified atom stereocenters.